The Morgan fingerprint density at radius 1 is 1.39 bits per heavy atom. The minimum atomic E-state index is 0.0868. The first-order valence-corrected chi connectivity index (χ1v) is 9.05. The predicted octanol–water partition coefficient (Wildman–Crippen LogP) is 3.95. The molecule has 1 unspecified atom stereocenters. The number of aryl methyl sites for hydroxylation is 2. The third-order valence-electron chi connectivity index (χ3n) is 4.39. The van der Waals surface area contributed by atoms with Gasteiger partial charge in [-0.15, -0.1) is 11.3 Å². The molecule has 4 nitrogen and oxygen atoms in total. The van der Waals surface area contributed by atoms with Gasteiger partial charge in [-0.25, -0.2) is 4.98 Å². The molecule has 0 saturated carbocycles. The molecule has 0 radical (unpaired) electrons. The van der Waals surface area contributed by atoms with Gasteiger partial charge >= 0.3 is 0 Å². The van der Waals surface area contributed by atoms with E-state index in [4.69, 9.17) is 0 Å². The Morgan fingerprint density at radius 2 is 2.26 bits per heavy atom. The molecule has 1 fully saturated rings. The zero-order chi connectivity index (χ0) is 16.2. The molecule has 1 saturated heterocycles. The molecule has 0 aromatic carbocycles. The van der Waals surface area contributed by atoms with Crippen LogP contribution in [0.1, 0.15) is 48.1 Å². The maximum absolute atomic E-state index is 12.8. The Labute approximate surface area is 141 Å². The van der Waals surface area contributed by atoms with Crippen LogP contribution < -0.4 is 0 Å². The Balaban J connectivity index is 1.80. The maximum Gasteiger partial charge on any atom is 0.247 e. The average Bonchev–Trinajstić information content (AvgIpc) is 3.06. The van der Waals surface area contributed by atoms with Gasteiger partial charge in [-0.05, 0) is 38.0 Å². The van der Waals surface area contributed by atoms with Gasteiger partial charge in [0.1, 0.15) is 0 Å². The zero-order valence-electron chi connectivity index (χ0n) is 13.7. The van der Waals surface area contributed by atoms with E-state index in [0.717, 1.165) is 30.1 Å². The summed E-state index contributed by atoms with van der Waals surface area (Å²) in [6, 6.07) is 4.35. The van der Waals surface area contributed by atoms with Crippen molar-refractivity contribution in [2.24, 2.45) is 7.05 Å². The monoisotopic (exact) mass is 329 g/mol. The summed E-state index contributed by atoms with van der Waals surface area (Å²) < 4.78 is 2.13. The molecule has 0 spiro atoms. The number of carbonyl (C=O) groups is 1. The molecule has 2 aromatic rings. The van der Waals surface area contributed by atoms with Crippen LogP contribution in [0.15, 0.2) is 29.8 Å². The van der Waals surface area contributed by atoms with Crippen LogP contribution in [0.5, 0.6) is 0 Å². The van der Waals surface area contributed by atoms with E-state index < -0.39 is 0 Å². The fourth-order valence-corrected chi connectivity index (χ4v) is 3.79. The summed E-state index contributed by atoms with van der Waals surface area (Å²) in [4.78, 5) is 19.2. The fraction of sp³-hybridized carbons (Fsp3) is 0.444. The van der Waals surface area contributed by atoms with E-state index in [1.54, 1.807) is 17.4 Å². The highest BCUT2D eigenvalue weighted by molar-refractivity contribution is 7.09. The van der Waals surface area contributed by atoms with Crippen LogP contribution >= 0.6 is 11.3 Å². The first kappa shape index (κ1) is 16.0. The Morgan fingerprint density at radius 3 is 2.96 bits per heavy atom. The molecule has 0 aliphatic carbocycles. The van der Waals surface area contributed by atoms with Crippen LogP contribution in [0, 0.1) is 6.92 Å². The SMILES string of the molecule is Cc1nc(/C=C/C(=O)N2CCCCCC2c2cccn2C)cs1. The second-order valence-electron chi connectivity index (χ2n) is 6.07. The van der Waals surface area contributed by atoms with E-state index in [2.05, 4.69) is 34.9 Å². The van der Waals surface area contributed by atoms with Crippen molar-refractivity contribution in [3.8, 4) is 0 Å². The minimum absolute atomic E-state index is 0.0868. The number of hydrogen-bond acceptors (Lipinski definition) is 3. The highest BCUT2D eigenvalue weighted by Gasteiger charge is 2.26. The van der Waals surface area contributed by atoms with E-state index in [-0.39, 0.29) is 11.9 Å². The van der Waals surface area contributed by atoms with Gasteiger partial charge in [0.15, 0.2) is 0 Å². The Kier molecular flexibility index (Phi) is 4.96. The molecule has 1 amide bonds. The van der Waals surface area contributed by atoms with Crippen LogP contribution in [-0.4, -0.2) is 26.9 Å². The molecule has 5 heteroatoms. The molecule has 0 N–H and O–H groups in total. The van der Waals surface area contributed by atoms with E-state index >= 15 is 0 Å². The van der Waals surface area contributed by atoms with E-state index in [9.17, 15) is 4.79 Å². The number of hydrogen-bond donors (Lipinski definition) is 0. The van der Waals surface area contributed by atoms with Gasteiger partial charge in [0, 0.05) is 36.9 Å². The van der Waals surface area contributed by atoms with Crippen molar-refractivity contribution >= 4 is 23.3 Å². The maximum atomic E-state index is 12.8. The lowest BCUT2D eigenvalue weighted by molar-refractivity contribution is -0.128. The van der Waals surface area contributed by atoms with Crippen LogP contribution in [0.25, 0.3) is 6.08 Å². The number of carbonyl (C=O) groups excluding carboxylic acids is 1. The fourth-order valence-electron chi connectivity index (χ4n) is 3.21. The molecule has 23 heavy (non-hydrogen) atoms. The van der Waals surface area contributed by atoms with Gasteiger partial charge in [-0.1, -0.05) is 12.8 Å². The molecule has 0 bridgehead atoms. The van der Waals surface area contributed by atoms with Gasteiger partial charge in [-0.3, -0.25) is 4.79 Å². The predicted molar refractivity (Wildman–Crippen MR) is 94.2 cm³/mol. The molecule has 1 atom stereocenters. The van der Waals surface area contributed by atoms with Gasteiger partial charge in [-0.2, -0.15) is 0 Å². The average molecular weight is 329 g/mol. The van der Waals surface area contributed by atoms with Crippen LogP contribution in [0.3, 0.4) is 0 Å². The van der Waals surface area contributed by atoms with Crippen molar-refractivity contribution < 1.29 is 4.79 Å². The number of amides is 1. The quantitative estimate of drug-likeness (QED) is 0.800. The van der Waals surface area contributed by atoms with Gasteiger partial charge in [0.05, 0.1) is 16.7 Å². The topological polar surface area (TPSA) is 38.1 Å². The largest absolute Gasteiger partial charge is 0.353 e. The molecule has 3 rings (SSSR count). The van der Waals surface area contributed by atoms with E-state index in [1.807, 2.05) is 23.3 Å². The van der Waals surface area contributed by atoms with Crippen molar-refractivity contribution in [2.45, 2.75) is 38.6 Å². The van der Waals surface area contributed by atoms with E-state index in [1.165, 1.54) is 18.5 Å². The van der Waals surface area contributed by atoms with Crippen LogP contribution in [0.2, 0.25) is 0 Å². The van der Waals surface area contributed by atoms with Crippen LogP contribution in [-0.2, 0) is 11.8 Å². The normalized spacial score (nSPS) is 19.2. The lowest BCUT2D eigenvalue weighted by atomic mass is 10.1. The first-order chi connectivity index (χ1) is 11.1. The third-order valence-corrected chi connectivity index (χ3v) is 5.19. The van der Waals surface area contributed by atoms with Crippen molar-refractivity contribution in [1.82, 2.24) is 14.5 Å². The van der Waals surface area contributed by atoms with Gasteiger partial charge in [0.25, 0.3) is 0 Å². The summed E-state index contributed by atoms with van der Waals surface area (Å²) >= 11 is 1.60. The molecular formula is C18H23N3OS. The number of aromatic nitrogens is 2. The smallest absolute Gasteiger partial charge is 0.247 e. The number of nitrogens with zero attached hydrogens (tertiary/aromatic N) is 3. The third kappa shape index (κ3) is 3.72. The highest BCUT2D eigenvalue weighted by atomic mass is 32.1. The van der Waals surface area contributed by atoms with Crippen molar-refractivity contribution in [2.75, 3.05) is 6.54 Å². The highest BCUT2D eigenvalue weighted by Crippen LogP contribution is 2.30. The Hall–Kier alpha value is -1.88. The second kappa shape index (κ2) is 7.13. The summed E-state index contributed by atoms with van der Waals surface area (Å²) in [6.07, 6.45) is 10.0. The Bertz CT molecular complexity index is 701. The number of likely N-dealkylation sites (tertiary alicyclic amines) is 1. The zero-order valence-corrected chi connectivity index (χ0v) is 14.6. The van der Waals surface area contributed by atoms with Gasteiger partial charge < -0.3 is 9.47 Å². The second-order valence-corrected chi connectivity index (χ2v) is 7.13. The summed E-state index contributed by atoms with van der Waals surface area (Å²) in [6.45, 7) is 2.80. The van der Waals surface area contributed by atoms with Crippen molar-refractivity contribution in [3.05, 3.63) is 46.2 Å². The summed E-state index contributed by atoms with van der Waals surface area (Å²) in [5.74, 6) is 0.0868. The number of rotatable bonds is 3. The summed E-state index contributed by atoms with van der Waals surface area (Å²) in [7, 11) is 2.05. The molecule has 1 aliphatic rings. The van der Waals surface area contributed by atoms with Gasteiger partial charge in [0.2, 0.25) is 5.91 Å². The molecular weight excluding hydrogens is 306 g/mol. The van der Waals surface area contributed by atoms with Crippen molar-refractivity contribution in [3.63, 3.8) is 0 Å². The van der Waals surface area contributed by atoms with E-state index in [0.29, 0.717) is 0 Å². The minimum Gasteiger partial charge on any atom is -0.353 e. The molecule has 3 heterocycles. The summed E-state index contributed by atoms with van der Waals surface area (Å²) in [5, 5.41) is 3.00. The molecule has 2 aromatic heterocycles. The van der Waals surface area contributed by atoms with Crippen LogP contribution in [0.4, 0.5) is 0 Å². The lowest BCUT2D eigenvalue weighted by Gasteiger charge is -2.29. The standard InChI is InChI=1S/C18H23N3OS/c1-14-19-15(13-23-14)9-10-18(22)21-12-5-3-4-7-17(21)16-8-6-11-20(16)2/h6,8-11,13,17H,3-5,7,12H2,1-2H3/b10-9+. The summed E-state index contributed by atoms with van der Waals surface area (Å²) in [5.41, 5.74) is 2.09. The van der Waals surface area contributed by atoms with Crippen molar-refractivity contribution in [1.29, 1.82) is 0 Å². The number of thiazole rings is 1. The molecule has 1 aliphatic heterocycles. The first-order valence-electron chi connectivity index (χ1n) is 8.17. The molecule has 122 valence electrons. The lowest BCUT2D eigenvalue weighted by Crippen LogP contribution is -2.34.